The van der Waals surface area contributed by atoms with Crippen LogP contribution in [0.1, 0.15) is 22.8 Å². The number of nitrogens with zero attached hydrogens (tertiary/aromatic N) is 2. The first-order valence-corrected chi connectivity index (χ1v) is 5.90. The molecule has 0 aliphatic carbocycles. The molecule has 0 amide bonds. The van der Waals surface area contributed by atoms with Crippen molar-refractivity contribution in [1.82, 2.24) is 15.1 Å². The van der Waals surface area contributed by atoms with E-state index >= 15 is 0 Å². The lowest BCUT2D eigenvalue weighted by Crippen LogP contribution is -2.05. The Balaban J connectivity index is 2.19. The van der Waals surface area contributed by atoms with Crippen molar-refractivity contribution in [1.29, 1.82) is 0 Å². The normalized spacial score (nSPS) is 11.1. The van der Waals surface area contributed by atoms with Crippen molar-refractivity contribution in [3.63, 3.8) is 0 Å². The van der Waals surface area contributed by atoms with E-state index < -0.39 is 0 Å². The van der Waals surface area contributed by atoms with Crippen LogP contribution in [0.3, 0.4) is 0 Å². The molecule has 2 aromatic rings. The second-order valence-corrected chi connectivity index (χ2v) is 4.47. The van der Waals surface area contributed by atoms with Crippen LogP contribution in [0.2, 0.25) is 5.02 Å². The van der Waals surface area contributed by atoms with E-state index in [9.17, 15) is 0 Å². The molecule has 92 valence electrons. The van der Waals surface area contributed by atoms with Crippen LogP contribution < -0.4 is 5.32 Å². The van der Waals surface area contributed by atoms with E-state index in [-0.39, 0.29) is 0 Å². The van der Waals surface area contributed by atoms with Gasteiger partial charge < -0.3 is 9.73 Å². The van der Waals surface area contributed by atoms with Crippen LogP contribution in [0.5, 0.6) is 0 Å². The summed E-state index contributed by atoms with van der Waals surface area (Å²) in [6.45, 7) is 5.34. The zero-order valence-corrected chi connectivity index (χ0v) is 11.0. The minimum absolute atomic E-state index is 0.614. The Hall–Kier alpha value is -1.26. The number of halogens is 1. The second-order valence-electron chi connectivity index (χ2n) is 4.06. The minimum atomic E-state index is 0.614. The van der Waals surface area contributed by atoms with Gasteiger partial charge in [-0.2, -0.15) is 5.10 Å². The molecule has 0 radical (unpaired) electrons. The third kappa shape index (κ3) is 2.53. The van der Waals surface area contributed by atoms with E-state index in [1.165, 1.54) is 5.56 Å². The standard InChI is InChI=1S/C12H16ClN3O/c1-8-12(13)6-15-16(8)7-11-4-10(5-14-3)9(2)17-11/h4,6,14H,5,7H2,1-3H3. The maximum absolute atomic E-state index is 5.96. The Morgan fingerprint density at radius 1 is 1.47 bits per heavy atom. The van der Waals surface area contributed by atoms with Crippen LogP contribution in [0.25, 0.3) is 0 Å². The first kappa shape index (κ1) is 12.2. The summed E-state index contributed by atoms with van der Waals surface area (Å²) in [5, 5.41) is 8.00. The maximum Gasteiger partial charge on any atom is 0.125 e. The number of hydrogen-bond donors (Lipinski definition) is 1. The Bertz CT molecular complexity index is 516. The molecule has 0 aromatic carbocycles. The zero-order valence-electron chi connectivity index (χ0n) is 10.2. The SMILES string of the molecule is CNCc1cc(Cn2ncc(Cl)c2C)oc1C. The number of nitrogens with one attached hydrogen (secondary N) is 1. The van der Waals surface area contributed by atoms with Crippen molar-refractivity contribution in [2.45, 2.75) is 26.9 Å². The molecular weight excluding hydrogens is 238 g/mol. The molecule has 2 rings (SSSR count). The van der Waals surface area contributed by atoms with Gasteiger partial charge in [-0.15, -0.1) is 0 Å². The fraction of sp³-hybridized carbons (Fsp3) is 0.417. The summed E-state index contributed by atoms with van der Waals surface area (Å²) < 4.78 is 7.53. The average Bonchev–Trinajstić information content (AvgIpc) is 2.78. The van der Waals surface area contributed by atoms with Crippen molar-refractivity contribution >= 4 is 11.6 Å². The Morgan fingerprint density at radius 2 is 2.24 bits per heavy atom. The molecule has 0 saturated carbocycles. The lowest BCUT2D eigenvalue weighted by atomic mass is 10.2. The molecule has 0 unspecified atom stereocenters. The molecule has 1 N–H and O–H groups in total. The zero-order chi connectivity index (χ0) is 12.4. The molecule has 0 spiro atoms. The van der Waals surface area contributed by atoms with Crippen LogP contribution in [0, 0.1) is 13.8 Å². The molecule has 0 aliphatic heterocycles. The fourth-order valence-corrected chi connectivity index (χ4v) is 1.90. The van der Waals surface area contributed by atoms with Crippen LogP contribution in [0.4, 0.5) is 0 Å². The van der Waals surface area contributed by atoms with Crippen LogP contribution in [-0.2, 0) is 13.1 Å². The number of aromatic nitrogens is 2. The fourth-order valence-electron chi connectivity index (χ4n) is 1.76. The monoisotopic (exact) mass is 253 g/mol. The summed E-state index contributed by atoms with van der Waals surface area (Å²) in [5.74, 6) is 1.85. The lowest BCUT2D eigenvalue weighted by molar-refractivity contribution is 0.454. The van der Waals surface area contributed by atoms with Crippen molar-refractivity contribution in [3.8, 4) is 0 Å². The highest BCUT2D eigenvalue weighted by Gasteiger charge is 2.10. The van der Waals surface area contributed by atoms with Gasteiger partial charge in [-0.3, -0.25) is 4.68 Å². The average molecular weight is 254 g/mol. The minimum Gasteiger partial charge on any atom is -0.464 e. The van der Waals surface area contributed by atoms with Gasteiger partial charge in [0.25, 0.3) is 0 Å². The quantitative estimate of drug-likeness (QED) is 0.911. The third-order valence-corrected chi connectivity index (χ3v) is 3.16. The summed E-state index contributed by atoms with van der Waals surface area (Å²) in [7, 11) is 1.92. The molecule has 0 fully saturated rings. The Morgan fingerprint density at radius 3 is 2.82 bits per heavy atom. The predicted octanol–water partition coefficient (Wildman–Crippen LogP) is 2.51. The van der Waals surface area contributed by atoms with Crippen LogP contribution >= 0.6 is 11.6 Å². The van der Waals surface area contributed by atoms with E-state index in [4.69, 9.17) is 16.0 Å². The smallest absolute Gasteiger partial charge is 0.125 e. The summed E-state index contributed by atoms with van der Waals surface area (Å²) >= 11 is 5.96. The molecule has 4 nitrogen and oxygen atoms in total. The largest absolute Gasteiger partial charge is 0.464 e. The van der Waals surface area contributed by atoms with Crippen LogP contribution in [0.15, 0.2) is 16.7 Å². The third-order valence-electron chi connectivity index (χ3n) is 2.79. The molecule has 0 saturated heterocycles. The van der Waals surface area contributed by atoms with Gasteiger partial charge in [0.05, 0.1) is 23.5 Å². The van der Waals surface area contributed by atoms with Crippen LogP contribution in [-0.4, -0.2) is 16.8 Å². The molecular formula is C12H16ClN3O. The molecule has 0 bridgehead atoms. The summed E-state index contributed by atoms with van der Waals surface area (Å²) in [6, 6.07) is 2.06. The molecule has 5 heteroatoms. The van der Waals surface area contributed by atoms with Gasteiger partial charge >= 0.3 is 0 Å². The lowest BCUT2D eigenvalue weighted by Gasteiger charge is -2.00. The summed E-state index contributed by atoms with van der Waals surface area (Å²) in [4.78, 5) is 0. The first-order valence-electron chi connectivity index (χ1n) is 5.52. The first-order chi connectivity index (χ1) is 8.11. The van der Waals surface area contributed by atoms with Crippen molar-refractivity contribution in [2.24, 2.45) is 0 Å². The molecule has 0 aliphatic rings. The van der Waals surface area contributed by atoms with E-state index in [0.29, 0.717) is 11.6 Å². The predicted molar refractivity (Wildman–Crippen MR) is 67.3 cm³/mol. The summed E-state index contributed by atoms with van der Waals surface area (Å²) in [6.07, 6.45) is 1.65. The summed E-state index contributed by atoms with van der Waals surface area (Å²) in [5.41, 5.74) is 2.13. The Labute approximate surface area is 106 Å². The number of rotatable bonds is 4. The highest BCUT2D eigenvalue weighted by molar-refractivity contribution is 6.31. The number of hydrogen-bond acceptors (Lipinski definition) is 3. The highest BCUT2D eigenvalue weighted by Crippen LogP contribution is 2.18. The molecule has 17 heavy (non-hydrogen) atoms. The van der Waals surface area contributed by atoms with E-state index in [1.807, 2.05) is 25.6 Å². The van der Waals surface area contributed by atoms with E-state index in [2.05, 4.69) is 16.5 Å². The Kier molecular flexibility index (Phi) is 3.54. The van der Waals surface area contributed by atoms with Crippen molar-refractivity contribution < 1.29 is 4.42 Å². The second kappa shape index (κ2) is 4.94. The van der Waals surface area contributed by atoms with E-state index in [1.54, 1.807) is 6.20 Å². The number of aryl methyl sites for hydroxylation is 1. The van der Waals surface area contributed by atoms with E-state index in [0.717, 1.165) is 23.8 Å². The van der Waals surface area contributed by atoms with Gasteiger partial charge in [-0.1, -0.05) is 11.6 Å². The molecule has 0 atom stereocenters. The van der Waals surface area contributed by atoms with Crippen molar-refractivity contribution in [3.05, 3.63) is 40.1 Å². The van der Waals surface area contributed by atoms with Gasteiger partial charge in [0.2, 0.25) is 0 Å². The molecule has 2 aromatic heterocycles. The number of furan rings is 1. The maximum atomic E-state index is 5.96. The van der Waals surface area contributed by atoms with Gasteiger partial charge in [0.1, 0.15) is 11.5 Å². The molecule has 2 heterocycles. The van der Waals surface area contributed by atoms with Gasteiger partial charge in [0, 0.05) is 12.1 Å². The topological polar surface area (TPSA) is 43.0 Å². The van der Waals surface area contributed by atoms with Gasteiger partial charge in [-0.25, -0.2) is 0 Å². The van der Waals surface area contributed by atoms with Gasteiger partial charge in [-0.05, 0) is 27.0 Å². The van der Waals surface area contributed by atoms with Crippen molar-refractivity contribution in [2.75, 3.05) is 7.05 Å². The van der Waals surface area contributed by atoms with Gasteiger partial charge in [0.15, 0.2) is 0 Å². The highest BCUT2D eigenvalue weighted by atomic mass is 35.5.